The van der Waals surface area contributed by atoms with E-state index in [1.54, 1.807) is 14.0 Å². The van der Waals surface area contributed by atoms with Gasteiger partial charge in [-0.3, -0.25) is 4.79 Å². The van der Waals surface area contributed by atoms with Crippen molar-refractivity contribution in [3.8, 4) is 5.75 Å². The summed E-state index contributed by atoms with van der Waals surface area (Å²) in [6.45, 7) is 1.59. The third-order valence-corrected chi connectivity index (χ3v) is 3.05. The zero-order valence-electron chi connectivity index (χ0n) is 9.79. The van der Waals surface area contributed by atoms with E-state index in [0.717, 1.165) is 16.3 Å². The highest BCUT2D eigenvalue weighted by molar-refractivity contribution is 6.37. The van der Waals surface area contributed by atoms with Crippen LogP contribution < -0.4 is 4.74 Å². The lowest BCUT2D eigenvalue weighted by Crippen LogP contribution is -1.96. The Morgan fingerprint density at radius 2 is 2.06 bits per heavy atom. The second-order valence-corrected chi connectivity index (χ2v) is 4.39. The molecule has 0 amide bonds. The summed E-state index contributed by atoms with van der Waals surface area (Å²) in [5.41, 5.74) is 1.01. The molecule has 0 heterocycles. The lowest BCUT2D eigenvalue weighted by molar-refractivity contribution is -0.116. The predicted molar refractivity (Wildman–Crippen MR) is 69.9 cm³/mol. The molecule has 0 radical (unpaired) electrons. The van der Waals surface area contributed by atoms with Gasteiger partial charge in [0.2, 0.25) is 0 Å². The Morgan fingerprint density at radius 1 is 1.29 bits per heavy atom. The van der Waals surface area contributed by atoms with Crippen LogP contribution in [0, 0.1) is 0 Å². The van der Waals surface area contributed by atoms with E-state index >= 15 is 0 Å². The Labute approximate surface area is 105 Å². The normalized spacial score (nSPS) is 10.5. The first-order chi connectivity index (χ1) is 8.11. The number of hydrogen-bond donors (Lipinski definition) is 0. The maximum absolute atomic E-state index is 11.1. The highest BCUT2D eigenvalue weighted by atomic mass is 35.5. The van der Waals surface area contributed by atoms with Gasteiger partial charge in [-0.05, 0) is 23.9 Å². The number of carbonyl (C=O) groups is 1. The molecular formula is C14H13ClO2. The maximum Gasteiger partial charge on any atom is 0.138 e. The predicted octanol–water partition coefficient (Wildman–Crippen LogP) is 3.63. The minimum Gasteiger partial charge on any atom is -0.495 e. The highest BCUT2D eigenvalue weighted by Crippen LogP contribution is 2.32. The summed E-state index contributed by atoms with van der Waals surface area (Å²) in [5, 5.41) is 2.58. The van der Waals surface area contributed by atoms with E-state index in [0.29, 0.717) is 17.2 Å². The molecule has 0 aliphatic heterocycles. The van der Waals surface area contributed by atoms with Gasteiger partial charge in [-0.2, -0.15) is 0 Å². The van der Waals surface area contributed by atoms with Gasteiger partial charge >= 0.3 is 0 Å². The second kappa shape index (κ2) is 4.76. The van der Waals surface area contributed by atoms with Crippen molar-refractivity contribution in [2.24, 2.45) is 0 Å². The average molecular weight is 249 g/mol. The van der Waals surface area contributed by atoms with E-state index in [-0.39, 0.29) is 5.78 Å². The van der Waals surface area contributed by atoms with Crippen LogP contribution in [0.2, 0.25) is 5.02 Å². The third kappa shape index (κ3) is 2.42. The molecule has 0 saturated heterocycles. The minimum atomic E-state index is 0.156. The minimum absolute atomic E-state index is 0.156. The first-order valence-corrected chi connectivity index (χ1v) is 5.74. The molecule has 0 fully saturated rings. The second-order valence-electron chi connectivity index (χ2n) is 4.02. The molecule has 2 nitrogen and oxygen atoms in total. The van der Waals surface area contributed by atoms with Crippen LogP contribution in [0.4, 0.5) is 0 Å². The zero-order valence-corrected chi connectivity index (χ0v) is 10.5. The van der Waals surface area contributed by atoms with Crippen LogP contribution >= 0.6 is 11.6 Å². The molecular weight excluding hydrogens is 236 g/mol. The fourth-order valence-electron chi connectivity index (χ4n) is 1.88. The van der Waals surface area contributed by atoms with E-state index in [4.69, 9.17) is 16.3 Å². The molecule has 0 unspecified atom stereocenters. The van der Waals surface area contributed by atoms with Crippen molar-refractivity contribution in [2.45, 2.75) is 13.3 Å². The molecule has 0 bridgehead atoms. The van der Waals surface area contributed by atoms with Crippen molar-refractivity contribution in [2.75, 3.05) is 7.11 Å². The Morgan fingerprint density at radius 3 is 2.71 bits per heavy atom. The van der Waals surface area contributed by atoms with Crippen molar-refractivity contribution < 1.29 is 9.53 Å². The van der Waals surface area contributed by atoms with Crippen molar-refractivity contribution in [3.63, 3.8) is 0 Å². The first-order valence-electron chi connectivity index (χ1n) is 5.36. The Bertz CT molecular complexity index is 576. The van der Waals surface area contributed by atoms with Crippen LogP contribution in [0.5, 0.6) is 5.75 Å². The van der Waals surface area contributed by atoms with Crippen molar-refractivity contribution in [1.82, 2.24) is 0 Å². The zero-order chi connectivity index (χ0) is 12.4. The van der Waals surface area contributed by atoms with Crippen LogP contribution in [0.1, 0.15) is 12.5 Å². The van der Waals surface area contributed by atoms with E-state index < -0.39 is 0 Å². The number of ketones is 1. The smallest absolute Gasteiger partial charge is 0.138 e. The summed E-state index contributed by atoms with van der Waals surface area (Å²) in [6.07, 6.45) is 0.458. The van der Waals surface area contributed by atoms with Gasteiger partial charge in [-0.1, -0.05) is 35.9 Å². The topological polar surface area (TPSA) is 26.3 Å². The van der Waals surface area contributed by atoms with Crippen molar-refractivity contribution in [3.05, 3.63) is 40.9 Å². The average Bonchev–Trinajstić information content (AvgIpc) is 2.28. The Balaban J connectivity index is 2.53. The lowest BCUT2D eigenvalue weighted by atomic mass is 10.0. The highest BCUT2D eigenvalue weighted by Gasteiger charge is 2.06. The van der Waals surface area contributed by atoms with E-state index in [9.17, 15) is 4.79 Å². The molecule has 0 spiro atoms. The molecule has 0 saturated carbocycles. The number of ether oxygens (including phenoxy) is 1. The molecule has 2 aromatic carbocycles. The van der Waals surface area contributed by atoms with Gasteiger partial charge in [0.15, 0.2) is 0 Å². The molecule has 2 aromatic rings. The number of fused-ring (bicyclic) bond motifs is 1. The molecule has 0 aliphatic rings. The molecule has 0 N–H and O–H groups in total. The number of rotatable bonds is 3. The molecule has 0 aromatic heterocycles. The van der Waals surface area contributed by atoms with Gasteiger partial charge < -0.3 is 4.74 Å². The monoisotopic (exact) mass is 248 g/mol. The van der Waals surface area contributed by atoms with Gasteiger partial charge in [-0.25, -0.2) is 0 Å². The summed E-state index contributed by atoms with van der Waals surface area (Å²) in [5.74, 6) is 0.822. The number of benzene rings is 2. The molecule has 17 heavy (non-hydrogen) atoms. The van der Waals surface area contributed by atoms with Crippen LogP contribution in [-0.2, 0) is 11.2 Å². The van der Waals surface area contributed by atoms with Gasteiger partial charge in [0.05, 0.1) is 12.1 Å². The Hall–Kier alpha value is -1.54. The fraction of sp³-hybridized carbons (Fsp3) is 0.214. The van der Waals surface area contributed by atoms with Gasteiger partial charge in [0.1, 0.15) is 11.5 Å². The summed E-state index contributed by atoms with van der Waals surface area (Å²) in [6, 6.07) is 9.63. The number of halogens is 1. The van der Waals surface area contributed by atoms with Crippen molar-refractivity contribution in [1.29, 1.82) is 0 Å². The number of hydrogen-bond acceptors (Lipinski definition) is 2. The number of methoxy groups -OCH3 is 1. The molecule has 0 atom stereocenters. The Kier molecular flexibility index (Phi) is 3.34. The van der Waals surface area contributed by atoms with Crippen LogP contribution in [0.3, 0.4) is 0 Å². The SMILES string of the molecule is COc1ccc2cc(CC(C)=O)ccc2c1Cl. The van der Waals surface area contributed by atoms with E-state index in [2.05, 4.69) is 0 Å². The molecule has 88 valence electrons. The number of Topliss-reactive ketones (excluding diaryl/α,β-unsaturated/α-hetero) is 1. The summed E-state index contributed by atoms with van der Waals surface area (Å²) in [7, 11) is 1.59. The number of carbonyl (C=O) groups excluding carboxylic acids is 1. The van der Waals surface area contributed by atoms with Crippen LogP contribution in [-0.4, -0.2) is 12.9 Å². The van der Waals surface area contributed by atoms with E-state index in [1.807, 2.05) is 30.3 Å². The quantitative estimate of drug-likeness (QED) is 0.829. The molecule has 2 rings (SSSR count). The maximum atomic E-state index is 11.1. The molecule has 3 heteroatoms. The summed E-state index contributed by atoms with van der Waals surface area (Å²) < 4.78 is 5.16. The van der Waals surface area contributed by atoms with Crippen molar-refractivity contribution >= 4 is 28.2 Å². The van der Waals surface area contributed by atoms with Crippen LogP contribution in [0.15, 0.2) is 30.3 Å². The van der Waals surface area contributed by atoms with Gasteiger partial charge in [0.25, 0.3) is 0 Å². The standard InChI is InChI=1S/C14H13ClO2/c1-9(16)7-10-3-5-12-11(8-10)4-6-13(17-2)14(12)15/h3-6,8H,7H2,1-2H3. The first kappa shape index (κ1) is 11.9. The van der Waals surface area contributed by atoms with E-state index in [1.165, 1.54) is 0 Å². The van der Waals surface area contributed by atoms with Gasteiger partial charge in [-0.15, -0.1) is 0 Å². The third-order valence-electron chi connectivity index (χ3n) is 2.66. The largest absolute Gasteiger partial charge is 0.495 e. The summed E-state index contributed by atoms with van der Waals surface area (Å²) >= 11 is 6.21. The van der Waals surface area contributed by atoms with Crippen LogP contribution in [0.25, 0.3) is 10.8 Å². The lowest BCUT2D eigenvalue weighted by Gasteiger charge is -2.07. The summed E-state index contributed by atoms with van der Waals surface area (Å²) in [4.78, 5) is 11.1. The fourth-order valence-corrected chi connectivity index (χ4v) is 2.19. The molecule has 0 aliphatic carbocycles. The van der Waals surface area contributed by atoms with Gasteiger partial charge in [0, 0.05) is 11.8 Å².